The van der Waals surface area contributed by atoms with Gasteiger partial charge in [0.05, 0.1) is 18.7 Å². The Bertz CT molecular complexity index is 651. The van der Waals surface area contributed by atoms with Crippen molar-refractivity contribution in [3.63, 3.8) is 0 Å². The molecule has 0 bridgehead atoms. The monoisotopic (exact) mass is 495 g/mol. The van der Waals surface area contributed by atoms with Crippen LogP contribution in [0.15, 0.2) is 0 Å². The predicted molar refractivity (Wildman–Crippen MR) is 130 cm³/mol. The Morgan fingerprint density at radius 1 is 1.10 bits per heavy atom. The van der Waals surface area contributed by atoms with Gasteiger partial charge in [-0.05, 0) is 51.4 Å². The van der Waals surface area contributed by atoms with Gasteiger partial charge in [-0.25, -0.2) is 0 Å². The van der Waals surface area contributed by atoms with E-state index in [-0.39, 0.29) is 53.4 Å². The van der Waals surface area contributed by atoms with Crippen LogP contribution < -0.4 is 26.6 Å². The molecule has 0 aromatic rings. The van der Waals surface area contributed by atoms with Crippen molar-refractivity contribution in [1.29, 1.82) is 0 Å². The van der Waals surface area contributed by atoms with E-state index in [1.54, 1.807) is 0 Å². The first-order valence-electron chi connectivity index (χ1n) is 11.7. The standard InChI is InChI=1S/C21H40Cl2N5O2P/c1-13-8-9-14(25-19(29)11-22)10-17(13)27-21-24-12-15(23)20(28-21)26-16-6-4-5-7-18(16)31(2,3)30/h13-18,20-21,24,26-28H,4-12H2,1-3H3,(H,25,29). The number of carbonyl (C=O) groups excluding carboxylic acids is 1. The summed E-state index contributed by atoms with van der Waals surface area (Å²) in [5.74, 6) is 0.418. The van der Waals surface area contributed by atoms with Gasteiger partial charge in [0.2, 0.25) is 5.91 Å². The van der Waals surface area contributed by atoms with Crippen LogP contribution in [0.1, 0.15) is 51.9 Å². The Labute approximate surface area is 197 Å². The molecule has 8 unspecified atom stereocenters. The lowest BCUT2D eigenvalue weighted by Crippen LogP contribution is -2.71. The van der Waals surface area contributed by atoms with Crippen molar-refractivity contribution in [2.24, 2.45) is 5.92 Å². The number of halogens is 2. The van der Waals surface area contributed by atoms with Gasteiger partial charge in [-0.3, -0.25) is 26.1 Å². The van der Waals surface area contributed by atoms with Crippen LogP contribution >= 0.6 is 30.3 Å². The molecule has 3 fully saturated rings. The number of hydrogen-bond acceptors (Lipinski definition) is 6. The summed E-state index contributed by atoms with van der Waals surface area (Å²) >= 11 is 12.3. The summed E-state index contributed by atoms with van der Waals surface area (Å²) in [4.78, 5) is 11.7. The van der Waals surface area contributed by atoms with Crippen LogP contribution in [0.4, 0.5) is 0 Å². The van der Waals surface area contributed by atoms with Crippen molar-refractivity contribution < 1.29 is 9.36 Å². The van der Waals surface area contributed by atoms with Crippen LogP contribution in [0, 0.1) is 5.92 Å². The molecule has 0 aromatic heterocycles. The molecule has 3 rings (SSSR count). The van der Waals surface area contributed by atoms with Crippen LogP contribution in [0.2, 0.25) is 0 Å². The highest BCUT2D eigenvalue weighted by molar-refractivity contribution is 7.63. The molecule has 5 N–H and O–H groups in total. The average Bonchev–Trinajstić information content (AvgIpc) is 2.72. The van der Waals surface area contributed by atoms with E-state index in [0.29, 0.717) is 12.5 Å². The third-order valence-corrected chi connectivity index (χ3v) is 10.1. The van der Waals surface area contributed by atoms with Crippen LogP contribution in [0.3, 0.4) is 0 Å². The number of hydrogen-bond donors (Lipinski definition) is 5. The van der Waals surface area contributed by atoms with Crippen molar-refractivity contribution in [2.45, 2.75) is 93.5 Å². The van der Waals surface area contributed by atoms with Gasteiger partial charge in [0.15, 0.2) is 0 Å². The number of alkyl halides is 2. The van der Waals surface area contributed by atoms with E-state index in [9.17, 15) is 9.36 Å². The van der Waals surface area contributed by atoms with Gasteiger partial charge in [0.25, 0.3) is 0 Å². The Hall–Kier alpha value is 0.120. The maximum atomic E-state index is 12.8. The number of carbonyl (C=O) groups is 1. The lowest BCUT2D eigenvalue weighted by Gasteiger charge is -2.44. The summed E-state index contributed by atoms with van der Waals surface area (Å²) in [5.41, 5.74) is 0.220. The Morgan fingerprint density at radius 3 is 2.55 bits per heavy atom. The highest BCUT2D eigenvalue weighted by Gasteiger charge is 2.38. The summed E-state index contributed by atoms with van der Waals surface area (Å²) in [6.45, 7) is 6.78. The van der Waals surface area contributed by atoms with E-state index in [1.807, 2.05) is 13.3 Å². The highest BCUT2D eigenvalue weighted by Crippen LogP contribution is 2.49. The predicted octanol–water partition coefficient (Wildman–Crippen LogP) is 2.42. The largest absolute Gasteiger partial charge is 0.352 e. The second-order valence-electron chi connectivity index (χ2n) is 10.0. The van der Waals surface area contributed by atoms with Crippen molar-refractivity contribution in [3.8, 4) is 0 Å². The molecule has 1 amide bonds. The quantitative estimate of drug-likeness (QED) is 0.275. The van der Waals surface area contributed by atoms with Gasteiger partial charge in [0, 0.05) is 30.3 Å². The zero-order valence-electron chi connectivity index (χ0n) is 19.0. The molecule has 3 aliphatic rings. The first-order chi connectivity index (χ1) is 14.7. The molecule has 7 nitrogen and oxygen atoms in total. The summed E-state index contributed by atoms with van der Waals surface area (Å²) in [7, 11) is -2.17. The number of nitrogens with one attached hydrogen (secondary N) is 5. The normalized spacial score (nSPS) is 39.8. The smallest absolute Gasteiger partial charge is 0.235 e. The molecule has 8 atom stereocenters. The van der Waals surface area contributed by atoms with E-state index in [4.69, 9.17) is 23.2 Å². The molecule has 1 aliphatic heterocycles. The maximum absolute atomic E-state index is 12.8. The van der Waals surface area contributed by atoms with Gasteiger partial charge in [0.1, 0.15) is 12.2 Å². The van der Waals surface area contributed by atoms with Crippen LogP contribution in [-0.2, 0) is 9.36 Å². The second-order valence-corrected chi connectivity index (χ2v) is 14.4. The molecule has 31 heavy (non-hydrogen) atoms. The Morgan fingerprint density at radius 2 is 1.84 bits per heavy atom. The van der Waals surface area contributed by atoms with E-state index >= 15 is 0 Å². The molecule has 1 saturated heterocycles. The lowest BCUT2D eigenvalue weighted by molar-refractivity contribution is -0.119. The average molecular weight is 496 g/mol. The van der Waals surface area contributed by atoms with Crippen molar-refractivity contribution >= 4 is 36.3 Å². The molecule has 180 valence electrons. The first-order valence-corrected chi connectivity index (χ1v) is 15.4. The molecular weight excluding hydrogens is 456 g/mol. The summed E-state index contributed by atoms with van der Waals surface area (Å²) in [6, 6.07) is 0.668. The van der Waals surface area contributed by atoms with Crippen molar-refractivity contribution in [2.75, 3.05) is 25.8 Å². The van der Waals surface area contributed by atoms with Crippen molar-refractivity contribution in [3.05, 3.63) is 0 Å². The van der Waals surface area contributed by atoms with Gasteiger partial charge >= 0.3 is 0 Å². The Balaban J connectivity index is 1.57. The molecule has 10 heteroatoms. The summed E-state index contributed by atoms with van der Waals surface area (Å²) in [6.07, 6.45) is 7.20. The van der Waals surface area contributed by atoms with Gasteiger partial charge < -0.3 is 9.88 Å². The third-order valence-electron chi connectivity index (χ3n) is 7.21. The fourth-order valence-electron chi connectivity index (χ4n) is 5.40. The van der Waals surface area contributed by atoms with Gasteiger partial charge in [-0.2, -0.15) is 0 Å². The number of rotatable bonds is 7. The van der Waals surface area contributed by atoms with Gasteiger partial charge in [-0.15, -0.1) is 23.2 Å². The molecule has 0 spiro atoms. The minimum atomic E-state index is -2.17. The van der Waals surface area contributed by atoms with Crippen LogP contribution in [0.25, 0.3) is 0 Å². The second kappa shape index (κ2) is 11.5. The molecule has 0 radical (unpaired) electrons. The molecular formula is C21H40Cl2N5O2P. The zero-order chi connectivity index (χ0) is 22.6. The summed E-state index contributed by atoms with van der Waals surface area (Å²) < 4.78 is 12.8. The Kier molecular flexibility index (Phi) is 9.55. The van der Waals surface area contributed by atoms with E-state index in [0.717, 1.165) is 38.5 Å². The fraction of sp³-hybridized carbons (Fsp3) is 0.952. The summed E-state index contributed by atoms with van der Waals surface area (Å²) in [5, 5.41) is 17.4. The third kappa shape index (κ3) is 7.30. The van der Waals surface area contributed by atoms with Gasteiger partial charge in [-0.1, -0.05) is 19.8 Å². The lowest BCUT2D eigenvalue weighted by atomic mass is 9.82. The minimum Gasteiger partial charge on any atom is -0.352 e. The molecule has 2 saturated carbocycles. The van der Waals surface area contributed by atoms with E-state index < -0.39 is 7.14 Å². The van der Waals surface area contributed by atoms with Crippen LogP contribution in [0.5, 0.6) is 0 Å². The molecule has 1 heterocycles. The zero-order valence-corrected chi connectivity index (χ0v) is 21.4. The first kappa shape index (κ1) is 25.7. The van der Waals surface area contributed by atoms with Crippen molar-refractivity contribution in [1.82, 2.24) is 26.6 Å². The van der Waals surface area contributed by atoms with E-state index in [1.165, 1.54) is 6.42 Å². The topological polar surface area (TPSA) is 94.3 Å². The van der Waals surface area contributed by atoms with E-state index in [2.05, 4.69) is 33.5 Å². The number of amides is 1. The minimum absolute atomic E-state index is 0.00492. The highest BCUT2D eigenvalue weighted by atomic mass is 35.5. The van der Waals surface area contributed by atoms with Crippen LogP contribution in [-0.4, -0.2) is 73.3 Å². The SMILES string of the molecule is CC1CCC(NC(=O)CCl)CC1NC1NCC(Cl)C(NC2CCCCC2P(C)(C)=O)N1. The maximum Gasteiger partial charge on any atom is 0.235 e. The fourth-order valence-corrected chi connectivity index (χ4v) is 7.61. The molecule has 2 aliphatic carbocycles. The molecule has 0 aromatic carbocycles.